The molecule has 9 nitrogen and oxygen atoms in total. The Morgan fingerprint density at radius 3 is 2.44 bits per heavy atom. The fraction of sp³-hybridized carbons (Fsp3) is 0.143. The van der Waals surface area contributed by atoms with Crippen molar-refractivity contribution in [2.45, 2.75) is 6.92 Å². The number of carbonyl (C=O) groups excluding carboxylic acids is 4. The molecule has 4 rings (SSSR count). The molecule has 3 aromatic carbocycles. The van der Waals surface area contributed by atoms with Crippen LogP contribution in [-0.4, -0.2) is 48.1 Å². The molecule has 1 aliphatic rings. The summed E-state index contributed by atoms with van der Waals surface area (Å²) in [4.78, 5) is 51.1. The van der Waals surface area contributed by atoms with Crippen LogP contribution in [0.15, 0.2) is 71.6 Å². The second-order valence-corrected chi connectivity index (χ2v) is 9.81. The van der Waals surface area contributed by atoms with Crippen molar-refractivity contribution in [2.24, 2.45) is 0 Å². The molecule has 0 aromatic heterocycles. The zero-order chi connectivity index (χ0) is 27.9. The van der Waals surface area contributed by atoms with E-state index in [1.54, 1.807) is 72.8 Å². The predicted molar refractivity (Wildman–Crippen MR) is 151 cm³/mol. The molecular weight excluding hydrogens is 542 g/mol. The minimum absolute atomic E-state index is 0.191. The summed E-state index contributed by atoms with van der Waals surface area (Å²) in [5.74, 6) is -0.442. The van der Waals surface area contributed by atoms with E-state index in [9.17, 15) is 19.2 Å². The Bertz CT molecular complexity index is 1460. The Labute approximate surface area is 234 Å². The maximum Gasteiger partial charge on any atom is 0.294 e. The van der Waals surface area contributed by atoms with Crippen LogP contribution in [-0.2, 0) is 14.4 Å². The largest absolute Gasteiger partial charge is 0.495 e. The fourth-order valence-electron chi connectivity index (χ4n) is 3.59. The van der Waals surface area contributed by atoms with Gasteiger partial charge in [0, 0.05) is 10.7 Å². The number of halogens is 1. The number of imide groups is 1. The van der Waals surface area contributed by atoms with Crippen molar-refractivity contribution in [3.63, 3.8) is 0 Å². The molecule has 2 N–H and O–H groups in total. The molecule has 4 amide bonds. The Kier molecular flexibility index (Phi) is 8.90. The molecule has 0 radical (unpaired) electrons. The summed E-state index contributed by atoms with van der Waals surface area (Å²) < 4.78 is 10.8. The van der Waals surface area contributed by atoms with Crippen LogP contribution in [0.4, 0.5) is 16.2 Å². The number of anilines is 2. The molecule has 1 fully saturated rings. The summed E-state index contributed by atoms with van der Waals surface area (Å²) in [6.07, 6.45) is 1.56. The molecule has 1 heterocycles. The highest BCUT2D eigenvalue weighted by Crippen LogP contribution is 2.32. The molecule has 0 spiro atoms. The lowest BCUT2D eigenvalue weighted by atomic mass is 10.2. The van der Waals surface area contributed by atoms with Crippen molar-refractivity contribution < 1.29 is 28.7 Å². The zero-order valence-electron chi connectivity index (χ0n) is 21.0. The van der Waals surface area contributed by atoms with Gasteiger partial charge in [0.2, 0.25) is 5.91 Å². The van der Waals surface area contributed by atoms with E-state index in [1.165, 1.54) is 7.11 Å². The van der Waals surface area contributed by atoms with Crippen LogP contribution < -0.4 is 20.1 Å². The van der Waals surface area contributed by atoms with E-state index in [0.717, 1.165) is 22.2 Å². The first-order valence-electron chi connectivity index (χ1n) is 11.7. The molecule has 0 saturated carbocycles. The number of para-hydroxylation sites is 2. The number of hydrogen-bond acceptors (Lipinski definition) is 7. The molecular formula is C28H24ClN3O6S. The van der Waals surface area contributed by atoms with Crippen LogP contribution in [0.2, 0.25) is 5.02 Å². The van der Waals surface area contributed by atoms with Gasteiger partial charge in [0.1, 0.15) is 18.0 Å². The molecule has 200 valence electrons. The number of methoxy groups -OCH3 is 1. The molecule has 39 heavy (non-hydrogen) atoms. The lowest BCUT2D eigenvalue weighted by molar-refractivity contribution is -0.127. The van der Waals surface area contributed by atoms with E-state index in [1.807, 2.05) is 6.92 Å². The van der Waals surface area contributed by atoms with E-state index in [0.29, 0.717) is 33.5 Å². The molecule has 0 atom stereocenters. The van der Waals surface area contributed by atoms with E-state index < -0.39 is 23.6 Å². The van der Waals surface area contributed by atoms with Crippen LogP contribution in [0.3, 0.4) is 0 Å². The van der Waals surface area contributed by atoms with Gasteiger partial charge in [0.25, 0.3) is 17.1 Å². The first-order valence-corrected chi connectivity index (χ1v) is 12.9. The number of thioether (sulfide) groups is 1. The first kappa shape index (κ1) is 27.7. The molecule has 0 aliphatic carbocycles. The molecule has 0 unspecified atom stereocenters. The average molecular weight is 566 g/mol. The third-order valence-electron chi connectivity index (χ3n) is 5.58. The maximum atomic E-state index is 12.8. The van der Waals surface area contributed by atoms with Crippen molar-refractivity contribution >= 4 is 63.8 Å². The normalized spacial score (nSPS) is 13.9. The van der Waals surface area contributed by atoms with Gasteiger partial charge in [-0.15, -0.1) is 0 Å². The van der Waals surface area contributed by atoms with Gasteiger partial charge in [-0.2, -0.15) is 0 Å². The van der Waals surface area contributed by atoms with E-state index >= 15 is 0 Å². The fourth-order valence-corrected chi connectivity index (χ4v) is 4.60. The molecule has 0 bridgehead atoms. The standard InChI is InChI=1S/C28H24ClN3O6S/c1-17-7-10-19(29)14-22(17)31-25(33)15-32-27(35)24(39-28(32)36)13-18-8-11-20(12-9-18)38-16-26(34)30-21-5-3-4-6-23(21)37-2/h3-14H,15-16H2,1-2H3,(H,30,34)(H,31,33)/b24-13-. The van der Waals surface area contributed by atoms with Crippen molar-refractivity contribution in [1.82, 2.24) is 4.90 Å². The van der Waals surface area contributed by atoms with Gasteiger partial charge in [-0.25, -0.2) is 0 Å². The topological polar surface area (TPSA) is 114 Å². The van der Waals surface area contributed by atoms with E-state index in [2.05, 4.69) is 10.6 Å². The molecule has 1 aliphatic heterocycles. The van der Waals surface area contributed by atoms with Crippen LogP contribution in [0, 0.1) is 6.92 Å². The highest BCUT2D eigenvalue weighted by atomic mass is 35.5. The lowest BCUT2D eigenvalue weighted by Crippen LogP contribution is -2.36. The number of rotatable bonds is 9. The quantitative estimate of drug-likeness (QED) is 0.336. The van der Waals surface area contributed by atoms with Crippen LogP contribution >= 0.6 is 23.4 Å². The van der Waals surface area contributed by atoms with Crippen molar-refractivity contribution in [1.29, 1.82) is 0 Å². The second kappa shape index (κ2) is 12.5. The number of aryl methyl sites for hydroxylation is 1. The monoisotopic (exact) mass is 565 g/mol. The first-order chi connectivity index (χ1) is 18.7. The summed E-state index contributed by atoms with van der Waals surface area (Å²) in [6.45, 7) is 1.17. The summed E-state index contributed by atoms with van der Waals surface area (Å²) in [7, 11) is 1.52. The lowest BCUT2D eigenvalue weighted by Gasteiger charge is -2.13. The summed E-state index contributed by atoms with van der Waals surface area (Å²) in [5, 5.41) is 5.33. The summed E-state index contributed by atoms with van der Waals surface area (Å²) in [6, 6.07) is 18.8. The highest BCUT2D eigenvalue weighted by molar-refractivity contribution is 8.18. The number of carbonyl (C=O) groups is 4. The Morgan fingerprint density at radius 2 is 1.69 bits per heavy atom. The SMILES string of the molecule is COc1ccccc1NC(=O)COc1ccc(/C=C2\SC(=O)N(CC(=O)Nc3cc(Cl)ccc3C)C2=O)cc1. The van der Waals surface area contributed by atoms with Crippen molar-refractivity contribution in [2.75, 3.05) is 30.9 Å². The molecule has 3 aromatic rings. The summed E-state index contributed by atoms with van der Waals surface area (Å²) in [5.41, 5.74) is 2.49. The number of amides is 4. The predicted octanol–water partition coefficient (Wildman–Crippen LogP) is 5.35. The Morgan fingerprint density at radius 1 is 0.974 bits per heavy atom. The minimum Gasteiger partial charge on any atom is -0.495 e. The van der Waals surface area contributed by atoms with Gasteiger partial charge >= 0.3 is 0 Å². The van der Waals surface area contributed by atoms with Gasteiger partial charge in [0.15, 0.2) is 6.61 Å². The Balaban J connectivity index is 1.32. The van der Waals surface area contributed by atoms with Crippen LogP contribution in [0.5, 0.6) is 11.5 Å². The second-order valence-electron chi connectivity index (χ2n) is 8.38. The zero-order valence-corrected chi connectivity index (χ0v) is 22.6. The molecule has 1 saturated heterocycles. The third-order valence-corrected chi connectivity index (χ3v) is 6.72. The van der Waals surface area contributed by atoms with Gasteiger partial charge < -0.3 is 20.1 Å². The third kappa shape index (κ3) is 7.18. The smallest absolute Gasteiger partial charge is 0.294 e. The number of hydrogen-bond donors (Lipinski definition) is 2. The van der Waals surface area contributed by atoms with Gasteiger partial charge in [-0.3, -0.25) is 24.1 Å². The Hall–Kier alpha value is -4.28. The van der Waals surface area contributed by atoms with Gasteiger partial charge in [-0.05, 0) is 72.3 Å². The average Bonchev–Trinajstić information content (AvgIpc) is 3.17. The minimum atomic E-state index is -0.559. The van der Waals surface area contributed by atoms with E-state index in [-0.39, 0.29) is 17.4 Å². The van der Waals surface area contributed by atoms with Gasteiger partial charge in [0.05, 0.1) is 17.7 Å². The summed E-state index contributed by atoms with van der Waals surface area (Å²) >= 11 is 6.74. The van der Waals surface area contributed by atoms with Crippen LogP contribution in [0.25, 0.3) is 6.08 Å². The number of nitrogens with zero attached hydrogens (tertiary/aromatic N) is 1. The van der Waals surface area contributed by atoms with E-state index in [4.69, 9.17) is 21.1 Å². The maximum absolute atomic E-state index is 12.8. The number of ether oxygens (including phenoxy) is 2. The van der Waals surface area contributed by atoms with Crippen molar-refractivity contribution in [3.05, 3.63) is 87.8 Å². The number of benzene rings is 3. The van der Waals surface area contributed by atoms with Crippen LogP contribution in [0.1, 0.15) is 11.1 Å². The van der Waals surface area contributed by atoms with Crippen molar-refractivity contribution in [3.8, 4) is 11.5 Å². The molecule has 11 heteroatoms. The number of nitrogens with one attached hydrogen (secondary N) is 2. The van der Waals surface area contributed by atoms with Gasteiger partial charge in [-0.1, -0.05) is 41.9 Å². The highest BCUT2D eigenvalue weighted by Gasteiger charge is 2.36.